The summed E-state index contributed by atoms with van der Waals surface area (Å²) >= 11 is 0. The summed E-state index contributed by atoms with van der Waals surface area (Å²) in [4.78, 5) is 37.0. The first kappa shape index (κ1) is 29.7. The van der Waals surface area contributed by atoms with Crippen LogP contribution in [0.1, 0.15) is 35.3 Å². The molecule has 0 saturated heterocycles. The number of fused-ring (bicyclic) bond motifs is 1. The summed E-state index contributed by atoms with van der Waals surface area (Å²) in [5, 5.41) is 9.42. The highest BCUT2D eigenvalue weighted by Crippen LogP contribution is 2.20. The number of anilines is 3. The van der Waals surface area contributed by atoms with Gasteiger partial charge in [0.25, 0.3) is 5.91 Å². The zero-order valence-corrected chi connectivity index (χ0v) is 23.6. The maximum atomic E-state index is 12.9. The Morgan fingerprint density at radius 1 is 0.762 bits per heavy atom. The van der Waals surface area contributed by atoms with Crippen molar-refractivity contribution in [2.45, 2.75) is 26.7 Å². The van der Waals surface area contributed by atoms with Crippen molar-refractivity contribution in [1.29, 1.82) is 0 Å². The molecule has 9 nitrogen and oxygen atoms in total. The molecule has 4 rings (SSSR count). The van der Waals surface area contributed by atoms with E-state index in [0.717, 1.165) is 24.1 Å². The Kier molecular flexibility index (Phi) is 9.78. The monoisotopic (exact) mass is 567 g/mol. The van der Waals surface area contributed by atoms with Gasteiger partial charge in [-0.3, -0.25) is 4.79 Å². The van der Waals surface area contributed by atoms with Crippen LogP contribution in [-0.2, 0) is 27.1 Å². The average Bonchev–Trinajstić information content (AvgIpc) is 2.96. The van der Waals surface area contributed by atoms with Gasteiger partial charge in [0.15, 0.2) is 13.5 Å². The van der Waals surface area contributed by atoms with Gasteiger partial charge in [-0.2, -0.15) is 0 Å². The molecule has 0 atom stereocenters. The van der Waals surface area contributed by atoms with Crippen LogP contribution in [0.3, 0.4) is 0 Å². The molecule has 0 radical (unpaired) electrons. The second-order valence-corrected chi connectivity index (χ2v) is 9.75. The minimum atomic E-state index is -0.757. The summed E-state index contributed by atoms with van der Waals surface area (Å²) in [6, 6.07) is 22.2. The first-order valence-corrected chi connectivity index (χ1v) is 13.3. The molecule has 1 aromatic heterocycles. The largest absolute Gasteiger partial charge is 0.479 e. The summed E-state index contributed by atoms with van der Waals surface area (Å²) in [6.07, 6.45) is 1.70. The van der Waals surface area contributed by atoms with E-state index in [1.54, 1.807) is 32.0 Å². The van der Waals surface area contributed by atoms with Crippen LogP contribution in [0.2, 0.25) is 0 Å². The molecule has 0 fully saturated rings. The molecule has 216 valence electrons. The topological polar surface area (TPSA) is 119 Å². The molecule has 0 saturated carbocycles. The minimum Gasteiger partial charge on any atom is -0.479 e. The molecule has 4 aromatic rings. The number of nitrogens with one attached hydrogen (secondary N) is 3. The molecule has 0 aliphatic heterocycles. The Hall–Kier alpha value is -5.31. The molecular weight excluding hydrogens is 534 g/mol. The van der Waals surface area contributed by atoms with Crippen LogP contribution < -0.4 is 21.6 Å². The second-order valence-electron chi connectivity index (χ2n) is 9.75. The molecule has 42 heavy (non-hydrogen) atoms. The lowest BCUT2D eigenvalue weighted by atomic mass is 10.0. The van der Waals surface area contributed by atoms with E-state index in [1.807, 2.05) is 36.4 Å². The number of carbonyl (C=O) groups excluding carboxylic acids is 2. The molecule has 3 aromatic carbocycles. The number of allylic oxidation sites excluding steroid dienone is 1. The molecule has 3 N–H and O–H groups in total. The molecule has 1 amide bonds. The zero-order chi connectivity index (χ0) is 30.1. The van der Waals surface area contributed by atoms with Crippen molar-refractivity contribution in [3.63, 3.8) is 0 Å². The van der Waals surface area contributed by atoms with Crippen LogP contribution in [0.5, 0.6) is 0 Å². The lowest BCUT2D eigenvalue weighted by Gasteiger charge is -2.10. The van der Waals surface area contributed by atoms with Gasteiger partial charge in [-0.1, -0.05) is 37.4 Å². The molecule has 0 bridgehead atoms. The average molecular weight is 568 g/mol. The van der Waals surface area contributed by atoms with Crippen molar-refractivity contribution in [3.05, 3.63) is 124 Å². The van der Waals surface area contributed by atoms with Gasteiger partial charge in [0, 0.05) is 34.1 Å². The maximum absolute atomic E-state index is 12.9. The van der Waals surface area contributed by atoms with Crippen molar-refractivity contribution in [2.24, 2.45) is 0 Å². The van der Waals surface area contributed by atoms with Gasteiger partial charge in [-0.25, -0.2) is 9.59 Å². The standard InChI is InChI=1S/C33H33N3O6/c1-21(2)32(38)41-20-35-28-16-11-25-17-29(33(39)42-30(25)18-28)31(37)36-27-14-9-24(10-15-27)6-5-23-7-12-26(13-8-23)34-19-40-22(3)4/h7-18,34-35H,1,3,5-6,19-20H2,2,4H3,(H,36,37). The van der Waals surface area contributed by atoms with E-state index in [-0.39, 0.29) is 12.3 Å². The summed E-state index contributed by atoms with van der Waals surface area (Å²) in [6.45, 7) is 10.9. The number of ether oxygens (including phenoxy) is 2. The van der Waals surface area contributed by atoms with Crippen LogP contribution in [0.4, 0.5) is 17.1 Å². The Labute approximate surface area is 243 Å². The maximum Gasteiger partial charge on any atom is 0.349 e. The minimum absolute atomic E-state index is 0.0712. The van der Waals surface area contributed by atoms with Crippen LogP contribution in [-0.4, -0.2) is 25.3 Å². The highest BCUT2D eigenvalue weighted by Gasteiger charge is 2.15. The Bertz CT molecular complexity index is 1660. The van der Waals surface area contributed by atoms with Crippen molar-refractivity contribution in [1.82, 2.24) is 0 Å². The van der Waals surface area contributed by atoms with Crippen LogP contribution in [0, 0.1) is 0 Å². The van der Waals surface area contributed by atoms with Gasteiger partial charge in [-0.05, 0) is 80.3 Å². The van der Waals surface area contributed by atoms with Gasteiger partial charge >= 0.3 is 11.6 Å². The fraction of sp³-hybridized carbons (Fsp3) is 0.182. The van der Waals surface area contributed by atoms with Gasteiger partial charge in [-0.15, -0.1) is 0 Å². The predicted molar refractivity (Wildman–Crippen MR) is 165 cm³/mol. The number of aryl methyl sites for hydroxylation is 2. The SMILES string of the molecule is C=C(C)OCNc1ccc(CCc2ccc(NC(=O)c3cc4ccc(NCOC(=O)C(=C)C)cc4oc3=O)cc2)cc1. The van der Waals surface area contributed by atoms with Crippen molar-refractivity contribution < 1.29 is 23.5 Å². The molecule has 1 heterocycles. The molecule has 9 heteroatoms. The molecular formula is C33H33N3O6. The zero-order valence-electron chi connectivity index (χ0n) is 23.6. The van der Waals surface area contributed by atoms with Gasteiger partial charge < -0.3 is 29.8 Å². The predicted octanol–water partition coefficient (Wildman–Crippen LogP) is 6.24. The molecule has 0 aliphatic carbocycles. The van der Waals surface area contributed by atoms with Crippen LogP contribution in [0.25, 0.3) is 11.0 Å². The third-order valence-corrected chi connectivity index (χ3v) is 6.27. The molecule has 0 spiro atoms. The quantitative estimate of drug-likeness (QED) is 0.0571. The van der Waals surface area contributed by atoms with Gasteiger partial charge in [0.2, 0.25) is 0 Å². The smallest absolute Gasteiger partial charge is 0.349 e. The highest BCUT2D eigenvalue weighted by molar-refractivity contribution is 6.05. The summed E-state index contributed by atoms with van der Waals surface area (Å²) in [5.41, 5.74) is 4.17. The van der Waals surface area contributed by atoms with E-state index >= 15 is 0 Å². The third kappa shape index (κ3) is 8.34. The molecule has 0 aliphatic rings. The fourth-order valence-electron chi connectivity index (χ4n) is 3.96. The first-order valence-electron chi connectivity index (χ1n) is 13.3. The van der Waals surface area contributed by atoms with Gasteiger partial charge in [0.1, 0.15) is 11.1 Å². The highest BCUT2D eigenvalue weighted by atomic mass is 16.5. The van der Waals surface area contributed by atoms with Crippen molar-refractivity contribution >= 4 is 39.9 Å². The number of amides is 1. The lowest BCUT2D eigenvalue weighted by Crippen LogP contribution is -2.20. The Morgan fingerprint density at radius 3 is 1.95 bits per heavy atom. The van der Waals surface area contributed by atoms with E-state index in [2.05, 4.69) is 41.2 Å². The van der Waals surface area contributed by atoms with E-state index in [9.17, 15) is 14.4 Å². The molecule has 0 unspecified atom stereocenters. The normalized spacial score (nSPS) is 10.5. The first-order chi connectivity index (χ1) is 20.2. The van der Waals surface area contributed by atoms with Crippen LogP contribution in [0.15, 0.2) is 106 Å². The fourth-order valence-corrected chi connectivity index (χ4v) is 3.96. The number of rotatable bonds is 13. The van der Waals surface area contributed by atoms with E-state index < -0.39 is 17.5 Å². The summed E-state index contributed by atoms with van der Waals surface area (Å²) in [5.74, 6) is -0.411. The van der Waals surface area contributed by atoms with E-state index in [0.29, 0.717) is 40.4 Å². The number of esters is 1. The number of hydrogen-bond acceptors (Lipinski definition) is 8. The number of benzene rings is 3. The van der Waals surface area contributed by atoms with Crippen LogP contribution >= 0.6 is 0 Å². The number of carbonyl (C=O) groups is 2. The van der Waals surface area contributed by atoms with E-state index in [1.165, 1.54) is 11.6 Å². The summed E-state index contributed by atoms with van der Waals surface area (Å²) < 4.78 is 15.7. The lowest BCUT2D eigenvalue weighted by molar-refractivity contribution is -0.138. The van der Waals surface area contributed by atoms with Gasteiger partial charge in [0.05, 0.1) is 5.76 Å². The van der Waals surface area contributed by atoms with Crippen molar-refractivity contribution in [2.75, 3.05) is 29.4 Å². The Balaban J connectivity index is 1.31. The Morgan fingerprint density at radius 2 is 1.33 bits per heavy atom. The third-order valence-electron chi connectivity index (χ3n) is 6.27. The second kappa shape index (κ2) is 13.8. The van der Waals surface area contributed by atoms with Crippen molar-refractivity contribution in [3.8, 4) is 0 Å². The number of hydrogen-bond donors (Lipinski definition) is 3. The summed E-state index contributed by atoms with van der Waals surface area (Å²) in [7, 11) is 0. The van der Waals surface area contributed by atoms with E-state index in [4.69, 9.17) is 13.9 Å².